The van der Waals surface area contributed by atoms with Crippen LogP contribution >= 0.6 is 27.5 Å². The van der Waals surface area contributed by atoms with Gasteiger partial charge in [0.15, 0.2) is 0 Å². The third-order valence-electron chi connectivity index (χ3n) is 2.63. The van der Waals surface area contributed by atoms with E-state index in [-0.39, 0.29) is 4.83 Å². The number of hydrogen-bond acceptors (Lipinski definition) is 1. The van der Waals surface area contributed by atoms with Crippen molar-refractivity contribution < 1.29 is 9.90 Å². The van der Waals surface area contributed by atoms with Gasteiger partial charge in [-0.25, -0.2) is 4.79 Å². The van der Waals surface area contributed by atoms with Gasteiger partial charge >= 0.3 is 5.97 Å². The zero-order chi connectivity index (χ0) is 13.1. The van der Waals surface area contributed by atoms with Gasteiger partial charge in [0.1, 0.15) is 0 Å². The van der Waals surface area contributed by atoms with Gasteiger partial charge in [-0.15, -0.1) is 0 Å². The molecule has 18 heavy (non-hydrogen) atoms. The molecule has 0 aromatic heterocycles. The van der Waals surface area contributed by atoms with E-state index in [9.17, 15) is 4.79 Å². The van der Waals surface area contributed by atoms with Gasteiger partial charge in [0.25, 0.3) is 0 Å². The Morgan fingerprint density at radius 1 is 1.11 bits per heavy atom. The van der Waals surface area contributed by atoms with Crippen LogP contribution in [0.2, 0.25) is 5.02 Å². The van der Waals surface area contributed by atoms with Crippen molar-refractivity contribution in [1.82, 2.24) is 0 Å². The molecule has 2 nitrogen and oxygen atoms in total. The molecule has 2 rings (SSSR count). The van der Waals surface area contributed by atoms with E-state index in [1.165, 1.54) is 0 Å². The molecule has 0 aliphatic rings. The molecule has 4 heteroatoms. The van der Waals surface area contributed by atoms with Gasteiger partial charge in [-0.3, -0.25) is 0 Å². The summed E-state index contributed by atoms with van der Waals surface area (Å²) in [6, 6.07) is 14.3. The number of alkyl halides is 1. The van der Waals surface area contributed by atoms with Crippen molar-refractivity contribution in [1.29, 1.82) is 0 Å². The molecular formula is C14H10BrClO2. The van der Waals surface area contributed by atoms with E-state index in [2.05, 4.69) is 15.9 Å². The normalized spacial score (nSPS) is 12.1. The second kappa shape index (κ2) is 5.55. The molecule has 92 valence electrons. The molecule has 0 fully saturated rings. The lowest BCUT2D eigenvalue weighted by Gasteiger charge is -2.13. The Labute approximate surface area is 118 Å². The molecule has 0 radical (unpaired) electrons. The van der Waals surface area contributed by atoms with Gasteiger partial charge in [-0.1, -0.05) is 57.9 Å². The standard InChI is InChI=1S/C14H10BrClO2/c15-13(9-5-7-10(16)8-6-9)11-3-1-2-4-12(11)14(17)18/h1-8,13H,(H,17,18). The number of benzene rings is 2. The van der Waals surface area contributed by atoms with Gasteiger partial charge in [0.2, 0.25) is 0 Å². The van der Waals surface area contributed by atoms with Gasteiger partial charge in [-0.2, -0.15) is 0 Å². The Morgan fingerprint density at radius 2 is 1.72 bits per heavy atom. The van der Waals surface area contributed by atoms with Gasteiger partial charge in [0.05, 0.1) is 10.4 Å². The Kier molecular flexibility index (Phi) is 4.04. The van der Waals surface area contributed by atoms with Crippen molar-refractivity contribution >= 4 is 33.5 Å². The first-order valence-corrected chi connectivity index (χ1v) is 6.60. The van der Waals surface area contributed by atoms with Crippen molar-refractivity contribution in [3.05, 3.63) is 70.2 Å². The molecule has 1 atom stereocenters. The predicted octanol–water partition coefficient (Wildman–Crippen LogP) is 4.52. The lowest BCUT2D eigenvalue weighted by Crippen LogP contribution is -2.04. The predicted molar refractivity (Wildman–Crippen MR) is 75.6 cm³/mol. The van der Waals surface area contributed by atoms with Crippen LogP contribution in [0.5, 0.6) is 0 Å². The minimum absolute atomic E-state index is 0.165. The summed E-state index contributed by atoms with van der Waals surface area (Å²) in [5, 5.41) is 9.82. The monoisotopic (exact) mass is 324 g/mol. The number of carbonyl (C=O) groups is 1. The Hall–Kier alpha value is -1.32. The number of rotatable bonds is 3. The maximum absolute atomic E-state index is 11.2. The minimum atomic E-state index is -0.927. The van der Waals surface area contributed by atoms with Crippen molar-refractivity contribution in [3.63, 3.8) is 0 Å². The summed E-state index contributed by atoms with van der Waals surface area (Å²) in [5.74, 6) is -0.927. The highest BCUT2D eigenvalue weighted by molar-refractivity contribution is 9.09. The summed E-state index contributed by atoms with van der Waals surface area (Å²) in [7, 11) is 0. The quantitative estimate of drug-likeness (QED) is 0.842. The van der Waals surface area contributed by atoms with E-state index in [4.69, 9.17) is 16.7 Å². The molecule has 2 aromatic rings. The summed E-state index contributed by atoms with van der Waals surface area (Å²) >= 11 is 9.37. The second-order valence-corrected chi connectivity index (χ2v) is 5.16. The van der Waals surface area contributed by atoms with E-state index < -0.39 is 5.97 Å². The summed E-state index contributed by atoms with van der Waals surface area (Å²) in [4.78, 5) is 11.0. The number of aromatic carboxylic acids is 1. The number of halogens is 2. The minimum Gasteiger partial charge on any atom is -0.478 e. The third-order valence-corrected chi connectivity index (χ3v) is 3.90. The largest absolute Gasteiger partial charge is 0.478 e. The molecular weight excluding hydrogens is 316 g/mol. The first-order chi connectivity index (χ1) is 8.59. The van der Waals surface area contributed by atoms with Crippen molar-refractivity contribution in [3.8, 4) is 0 Å². The van der Waals surface area contributed by atoms with Crippen LogP contribution in [0, 0.1) is 0 Å². The fourth-order valence-corrected chi connectivity index (χ4v) is 2.55. The van der Waals surface area contributed by atoms with Gasteiger partial charge in [-0.05, 0) is 29.3 Å². The Morgan fingerprint density at radius 3 is 2.33 bits per heavy atom. The summed E-state index contributed by atoms with van der Waals surface area (Å²) in [6.45, 7) is 0. The number of carboxylic acids is 1. The highest BCUT2D eigenvalue weighted by atomic mass is 79.9. The lowest BCUT2D eigenvalue weighted by molar-refractivity contribution is 0.0696. The van der Waals surface area contributed by atoms with E-state index >= 15 is 0 Å². The van der Waals surface area contributed by atoms with Crippen molar-refractivity contribution in [2.45, 2.75) is 4.83 Å². The van der Waals surface area contributed by atoms with Crippen molar-refractivity contribution in [2.24, 2.45) is 0 Å². The molecule has 0 saturated heterocycles. The number of carboxylic acid groups (broad SMARTS) is 1. The molecule has 0 bridgehead atoms. The van der Waals surface area contributed by atoms with Crippen LogP contribution in [-0.4, -0.2) is 11.1 Å². The molecule has 0 spiro atoms. The average molecular weight is 326 g/mol. The fraction of sp³-hybridized carbons (Fsp3) is 0.0714. The molecule has 1 N–H and O–H groups in total. The van der Waals surface area contributed by atoms with E-state index in [1.54, 1.807) is 30.3 Å². The highest BCUT2D eigenvalue weighted by Gasteiger charge is 2.17. The first kappa shape index (κ1) is 13.1. The fourth-order valence-electron chi connectivity index (χ4n) is 1.72. The van der Waals surface area contributed by atoms with Crippen LogP contribution in [-0.2, 0) is 0 Å². The van der Waals surface area contributed by atoms with E-state index in [0.29, 0.717) is 10.6 Å². The smallest absolute Gasteiger partial charge is 0.336 e. The van der Waals surface area contributed by atoms with Gasteiger partial charge in [0, 0.05) is 5.02 Å². The first-order valence-electron chi connectivity index (χ1n) is 5.31. The second-order valence-electron chi connectivity index (χ2n) is 3.81. The van der Waals surface area contributed by atoms with E-state index in [0.717, 1.165) is 11.1 Å². The van der Waals surface area contributed by atoms with E-state index in [1.807, 2.05) is 18.2 Å². The van der Waals surface area contributed by atoms with Crippen LogP contribution in [0.4, 0.5) is 0 Å². The Bertz CT molecular complexity index is 566. The summed E-state index contributed by atoms with van der Waals surface area (Å²) in [5.41, 5.74) is 2.00. The van der Waals surface area contributed by atoms with Crippen LogP contribution in [0.25, 0.3) is 0 Å². The SMILES string of the molecule is O=C(O)c1ccccc1C(Br)c1ccc(Cl)cc1. The van der Waals surface area contributed by atoms with Crippen LogP contribution in [0.15, 0.2) is 48.5 Å². The van der Waals surface area contributed by atoms with Crippen LogP contribution < -0.4 is 0 Å². The summed E-state index contributed by atoms with van der Waals surface area (Å²) < 4.78 is 0. The molecule has 0 heterocycles. The van der Waals surface area contributed by atoms with Crippen LogP contribution in [0.1, 0.15) is 26.3 Å². The lowest BCUT2D eigenvalue weighted by atomic mass is 10.00. The molecule has 0 saturated carbocycles. The summed E-state index contributed by atoms with van der Waals surface area (Å²) in [6.07, 6.45) is 0. The average Bonchev–Trinajstić information content (AvgIpc) is 2.39. The Balaban J connectivity index is 2.42. The molecule has 0 amide bonds. The maximum Gasteiger partial charge on any atom is 0.336 e. The maximum atomic E-state index is 11.2. The van der Waals surface area contributed by atoms with Crippen LogP contribution in [0.3, 0.4) is 0 Å². The molecule has 2 aromatic carbocycles. The molecule has 1 unspecified atom stereocenters. The zero-order valence-electron chi connectivity index (χ0n) is 9.31. The third kappa shape index (κ3) is 2.74. The highest BCUT2D eigenvalue weighted by Crippen LogP contribution is 2.33. The van der Waals surface area contributed by atoms with Crippen molar-refractivity contribution in [2.75, 3.05) is 0 Å². The zero-order valence-corrected chi connectivity index (χ0v) is 11.6. The topological polar surface area (TPSA) is 37.3 Å². The number of hydrogen-bond donors (Lipinski definition) is 1. The van der Waals surface area contributed by atoms with Gasteiger partial charge < -0.3 is 5.11 Å². The molecule has 0 aliphatic carbocycles. The molecule has 0 aliphatic heterocycles.